The van der Waals surface area contributed by atoms with E-state index in [9.17, 15) is 9.18 Å². The molecule has 0 spiro atoms. The number of rotatable bonds is 7. The minimum Gasteiger partial charge on any atom is -0.349 e. The maximum atomic E-state index is 13.7. The monoisotopic (exact) mass is 460 g/mol. The third kappa shape index (κ3) is 5.09. The van der Waals surface area contributed by atoms with E-state index in [2.05, 4.69) is 10.3 Å². The van der Waals surface area contributed by atoms with Crippen molar-refractivity contribution in [1.29, 1.82) is 0 Å². The highest BCUT2D eigenvalue weighted by molar-refractivity contribution is 7.98. The van der Waals surface area contributed by atoms with E-state index in [0.29, 0.717) is 23.9 Å². The molecule has 1 amide bonds. The molecular formula is C26H25FN4OS. The first-order valence-electron chi connectivity index (χ1n) is 11.2. The van der Waals surface area contributed by atoms with Gasteiger partial charge in [0, 0.05) is 23.6 Å². The Morgan fingerprint density at radius 1 is 1.06 bits per heavy atom. The predicted octanol–water partition coefficient (Wildman–Crippen LogP) is 5.58. The lowest BCUT2D eigenvalue weighted by atomic mass is 10.1. The van der Waals surface area contributed by atoms with Crippen LogP contribution in [0.3, 0.4) is 0 Å². The van der Waals surface area contributed by atoms with Gasteiger partial charge in [0.1, 0.15) is 11.3 Å². The number of hydrogen-bond acceptors (Lipinski definition) is 4. The van der Waals surface area contributed by atoms with Crippen molar-refractivity contribution < 1.29 is 9.18 Å². The van der Waals surface area contributed by atoms with Gasteiger partial charge in [-0.25, -0.2) is 14.4 Å². The van der Waals surface area contributed by atoms with Gasteiger partial charge < -0.3 is 5.32 Å². The first-order chi connectivity index (χ1) is 16.2. The lowest BCUT2D eigenvalue weighted by molar-refractivity contribution is 0.0938. The molecule has 1 fully saturated rings. The molecule has 0 aliphatic heterocycles. The summed E-state index contributed by atoms with van der Waals surface area (Å²) in [6, 6.07) is 18.5. The van der Waals surface area contributed by atoms with Crippen molar-refractivity contribution in [3.05, 3.63) is 89.4 Å². The van der Waals surface area contributed by atoms with E-state index in [4.69, 9.17) is 4.98 Å². The molecule has 1 aliphatic rings. The van der Waals surface area contributed by atoms with Crippen molar-refractivity contribution in [2.45, 2.75) is 49.2 Å². The van der Waals surface area contributed by atoms with Crippen molar-refractivity contribution in [1.82, 2.24) is 19.9 Å². The minimum absolute atomic E-state index is 0.00376. The number of aromatic nitrogens is 3. The third-order valence-electron chi connectivity index (χ3n) is 5.97. The Labute approximate surface area is 196 Å². The summed E-state index contributed by atoms with van der Waals surface area (Å²) in [6.45, 7) is 0.494. The Bertz CT molecular complexity index is 1270. The summed E-state index contributed by atoms with van der Waals surface area (Å²) in [6.07, 6.45) is 6.29. The third-order valence-corrected chi connectivity index (χ3v) is 7.02. The van der Waals surface area contributed by atoms with Crippen LogP contribution in [-0.2, 0) is 12.3 Å². The Balaban J connectivity index is 1.30. The lowest BCUT2D eigenvalue weighted by Crippen LogP contribution is -2.32. The fourth-order valence-electron chi connectivity index (χ4n) is 4.25. The van der Waals surface area contributed by atoms with Crippen LogP contribution in [0.1, 0.15) is 47.2 Å². The van der Waals surface area contributed by atoms with Gasteiger partial charge in [-0.2, -0.15) is 0 Å². The zero-order valence-electron chi connectivity index (χ0n) is 18.2. The Morgan fingerprint density at radius 3 is 2.67 bits per heavy atom. The maximum absolute atomic E-state index is 13.7. The minimum atomic E-state index is -0.254. The van der Waals surface area contributed by atoms with E-state index >= 15 is 0 Å². The Kier molecular flexibility index (Phi) is 6.39. The van der Waals surface area contributed by atoms with Gasteiger partial charge >= 0.3 is 0 Å². The maximum Gasteiger partial charge on any atom is 0.251 e. The van der Waals surface area contributed by atoms with E-state index in [1.54, 1.807) is 30.1 Å². The highest BCUT2D eigenvalue weighted by Gasteiger charge is 2.18. The predicted molar refractivity (Wildman–Crippen MR) is 129 cm³/mol. The Morgan fingerprint density at radius 2 is 1.88 bits per heavy atom. The fraction of sp³-hybridized carbons (Fsp3) is 0.269. The topological polar surface area (TPSA) is 59.8 Å². The summed E-state index contributed by atoms with van der Waals surface area (Å²) >= 11 is 1.61. The van der Waals surface area contributed by atoms with Crippen LogP contribution in [0.5, 0.6) is 0 Å². The SMILES string of the molecule is O=C(NC1CCCC1)c1ccc(CSc2nc3cccnc3n2Cc2cccc(F)c2)cc1. The number of pyridine rings is 1. The summed E-state index contributed by atoms with van der Waals surface area (Å²) < 4.78 is 15.7. The molecule has 5 nitrogen and oxygen atoms in total. The van der Waals surface area contributed by atoms with E-state index in [1.807, 2.05) is 47.0 Å². The quantitative estimate of drug-likeness (QED) is 0.366. The zero-order valence-corrected chi connectivity index (χ0v) is 19.0. The van der Waals surface area contributed by atoms with Gasteiger partial charge in [0.25, 0.3) is 5.91 Å². The van der Waals surface area contributed by atoms with Crippen LogP contribution in [0.4, 0.5) is 4.39 Å². The summed E-state index contributed by atoms with van der Waals surface area (Å²) in [5, 5.41) is 3.96. The van der Waals surface area contributed by atoms with Crippen LogP contribution in [-0.4, -0.2) is 26.5 Å². The molecule has 1 saturated carbocycles. The molecule has 2 aromatic carbocycles. The molecular weight excluding hydrogens is 435 g/mol. The summed E-state index contributed by atoms with van der Waals surface area (Å²) in [5.74, 6) is 0.456. The van der Waals surface area contributed by atoms with Crippen LogP contribution in [0.15, 0.2) is 72.0 Å². The van der Waals surface area contributed by atoms with Gasteiger partial charge in [0.2, 0.25) is 0 Å². The smallest absolute Gasteiger partial charge is 0.251 e. The molecule has 0 bridgehead atoms. The van der Waals surface area contributed by atoms with Gasteiger partial charge in [-0.15, -0.1) is 0 Å². The standard InChI is InChI=1S/C26H25FN4OS/c27-21-6-3-5-19(15-21)16-31-24-23(9-4-14-28-24)30-26(31)33-17-18-10-12-20(13-11-18)25(32)29-22-7-1-2-8-22/h3-6,9-15,22H,1-2,7-8,16-17H2,(H,29,32). The highest BCUT2D eigenvalue weighted by Crippen LogP contribution is 2.27. The van der Waals surface area contributed by atoms with Crippen molar-refractivity contribution >= 4 is 28.8 Å². The second-order valence-corrected chi connectivity index (χ2v) is 9.34. The number of amides is 1. The molecule has 0 atom stereocenters. The Hall–Kier alpha value is -3.19. The highest BCUT2D eigenvalue weighted by atomic mass is 32.2. The summed E-state index contributed by atoms with van der Waals surface area (Å²) in [7, 11) is 0. The summed E-state index contributed by atoms with van der Waals surface area (Å²) in [5.41, 5.74) is 4.26. The van der Waals surface area contributed by atoms with Crippen molar-refractivity contribution in [3.63, 3.8) is 0 Å². The van der Waals surface area contributed by atoms with E-state index in [1.165, 1.54) is 18.9 Å². The molecule has 0 radical (unpaired) electrons. The van der Waals surface area contributed by atoms with Gasteiger partial charge in [-0.05, 0) is 60.4 Å². The first kappa shape index (κ1) is 21.6. The van der Waals surface area contributed by atoms with Crippen LogP contribution in [0.25, 0.3) is 11.2 Å². The molecule has 5 rings (SSSR count). The molecule has 1 N–H and O–H groups in total. The normalized spacial score (nSPS) is 14.1. The van der Waals surface area contributed by atoms with Gasteiger partial charge in [-0.1, -0.05) is 48.9 Å². The molecule has 2 heterocycles. The molecule has 4 aromatic rings. The number of thioether (sulfide) groups is 1. The molecule has 168 valence electrons. The second kappa shape index (κ2) is 9.75. The second-order valence-electron chi connectivity index (χ2n) is 8.40. The van der Waals surface area contributed by atoms with Gasteiger partial charge in [-0.3, -0.25) is 9.36 Å². The molecule has 7 heteroatoms. The zero-order chi connectivity index (χ0) is 22.6. The number of fused-ring (bicyclic) bond motifs is 1. The van der Waals surface area contributed by atoms with Crippen LogP contribution in [0, 0.1) is 5.82 Å². The van der Waals surface area contributed by atoms with E-state index in [0.717, 1.165) is 40.3 Å². The number of halogens is 1. The van der Waals surface area contributed by atoms with Crippen molar-refractivity contribution in [3.8, 4) is 0 Å². The van der Waals surface area contributed by atoms with E-state index < -0.39 is 0 Å². The van der Waals surface area contributed by atoms with Crippen LogP contribution in [0.2, 0.25) is 0 Å². The average molecular weight is 461 g/mol. The molecule has 0 unspecified atom stereocenters. The first-order valence-corrected chi connectivity index (χ1v) is 12.2. The molecule has 2 aromatic heterocycles. The largest absolute Gasteiger partial charge is 0.349 e. The number of carbonyl (C=O) groups excluding carboxylic acids is 1. The number of nitrogens with zero attached hydrogens (tertiary/aromatic N) is 3. The van der Waals surface area contributed by atoms with E-state index in [-0.39, 0.29) is 11.7 Å². The van der Waals surface area contributed by atoms with Crippen molar-refractivity contribution in [2.24, 2.45) is 0 Å². The number of carbonyl (C=O) groups is 1. The van der Waals surface area contributed by atoms with Crippen LogP contribution < -0.4 is 5.32 Å². The summed E-state index contributed by atoms with van der Waals surface area (Å²) in [4.78, 5) is 21.7. The number of hydrogen-bond donors (Lipinski definition) is 1. The number of benzene rings is 2. The molecule has 33 heavy (non-hydrogen) atoms. The van der Waals surface area contributed by atoms with Gasteiger partial charge in [0.05, 0.1) is 6.54 Å². The fourth-order valence-corrected chi connectivity index (χ4v) is 5.21. The van der Waals surface area contributed by atoms with Gasteiger partial charge in [0.15, 0.2) is 10.8 Å². The molecule has 0 saturated heterocycles. The number of imidazole rings is 1. The van der Waals surface area contributed by atoms with Crippen LogP contribution >= 0.6 is 11.8 Å². The number of nitrogens with one attached hydrogen (secondary N) is 1. The molecule has 1 aliphatic carbocycles. The van der Waals surface area contributed by atoms with Crippen molar-refractivity contribution in [2.75, 3.05) is 0 Å². The lowest BCUT2D eigenvalue weighted by Gasteiger charge is -2.12. The average Bonchev–Trinajstić information content (AvgIpc) is 3.46.